The first kappa shape index (κ1) is 11.5. The predicted molar refractivity (Wildman–Crippen MR) is 61.4 cm³/mol. The van der Waals surface area contributed by atoms with Gasteiger partial charge in [0.25, 0.3) is 0 Å². The first-order chi connectivity index (χ1) is 6.65. The van der Waals surface area contributed by atoms with Gasteiger partial charge in [0.05, 0.1) is 0 Å². The zero-order chi connectivity index (χ0) is 10.6. The van der Waals surface area contributed by atoms with Crippen molar-refractivity contribution in [2.75, 3.05) is 6.54 Å². The molecule has 1 aromatic carbocycles. The highest BCUT2D eigenvalue weighted by atomic mass is 79.9. The van der Waals surface area contributed by atoms with Crippen LogP contribution in [0.25, 0.3) is 0 Å². The third kappa shape index (κ3) is 3.00. The van der Waals surface area contributed by atoms with Gasteiger partial charge >= 0.3 is 0 Å². The zero-order valence-corrected chi connectivity index (χ0v) is 10.1. The molecule has 76 valence electrons. The third-order valence-corrected chi connectivity index (χ3v) is 2.67. The monoisotopic (exact) mass is 275 g/mol. The first-order valence-electron chi connectivity index (χ1n) is 4.32. The smallest absolute Gasteiger partial charge is 0.242 e. The zero-order valence-electron chi connectivity index (χ0n) is 7.76. The Balaban J connectivity index is 2.78. The molecular weight excluding hydrogens is 265 g/mol. The van der Waals surface area contributed by atoms with Crippen LogP contribution in [-0.2, 0) is 4.79 Å². The van der Waals surface area contributed by atoms with E-state index < -0.39 is 5.38 Å². The molecule has 2 nitrogen and oxygen atoms in total. The Morgan fingerprint density at radius 2 is 2.36 bits per heavy atom. The molecule has 1 amide bonds. The molecule has 1 unspecified atom stereocenters. The van der Waals surface area contributed by atoms with E-state index in [-0.39, 0.29) is 5.91 Å². The Hall–Kier alpha value is -0.540. The van der Waals surface area contributed by atoms with Crippen molar-refractivity contribution in [2.24, 2.45) is 0 Å². The normalized spacial score (nSPS) is 12.2. The molecule has 0 aliphatic rings. The Bertz CT molecular complexity index is 330. The molecule has 0 heterocycles. The highest BCUT2D eigenvalue weighted by molar-refractivity contribution is 9.10. The van der Waals surface area contributed by atoms with E-state index in [9.17, 15) is 4.79 Å². The Morgan fingerprint density at radius 3 is 2.93 bits per heavy atom. The average Bonchev–Trinajstić information content (AvgIpc) is 2.17. The first-order valence-corrected chi connectivity index (χ1v) is 5.55. The van der Waals surface area contributed by atoms with Crippen molar-refractivity contribution < 1.29 is 4.79 Å². The molecule has 1 aromatic rings. The predicted octanol–water partition coefficient (Wildman–Crippen LogP) is 2.87. The Kier molecular flexibility index (Phi) is 4.42. The molecule has 4 heteroatoms. The van der Waals surface area contributed by atoms with Gasteiger partial charge in [-0.15, -0.1) is 11.6 Å². The summed E-state index contributed by atoms with van der Waals surface area (Å²) in [5, 5.41) is 2.06. The van der Waals surface area contributed by atoms with E-state index in [0.717, 1.165) is 10.0 Å². The molecule has 0 aliphatic carbocycles. The van der Waals surface area contributed by atoms with Crippen molar-refractivity contribution in [3.05, 3.63) is 34.3 Å². The van der Waals surface area contributed by atoms with Crippen LogP contribution in [0.15, 0.2) is 28.7 Å². The maximum Gasteiger partial charge on any atom is 0.242 e. The van der Waals surface area contributed by atoms with Crippen LogP contribution in [0.1, 0.15) is 17.9 Å². The van der Waals surface area contributed by atoms with Crippen LogP contribution in [0.2, 0.25) is 0 Å². The number of carbonyl (C=O) groups is 1. The van der Waals surface area contributed by atoms with E-state index in [1.807, 2.05) is 31.2 Å². The van der Waals surface area contributed by atoms with Gasteiger partial charge < -0.3 is 5.32 Å². The van der Waals surface area contributed by atoms with Crippen LogP contribution >= 0.6 is 27.5 Å². The summed E-state index contributed by atoms with van der Waals surface area (Å²) in [6.07, 6.45) is 0. The van der Waals surface area contributed by atoms with Gasteiger partial charge in [0.1, 0.15) is 5.38 Å². The van der Waals surface area contributed by atoms with Crippen LogP contribution in [0, 0.1) is 0 Å². The van der Waals surface area contributed by atoms with Gasteiger partial charge in [-0.25, -0.2) is 0 Å². The number of rotatable bonds is 3. The third-order valence-electron chi connectivity index (χ3n) is 1.72. The second kappa shape index (κ2) is 5.37. The van der Waals surface area contributed by atoms with Crippen LogP contribution in [0.4, 0.5) is 0 Å². The molecule has 1 atom stereocenters. The van der Waals surface area contributed by atoms with E-state index in [2.05, 4.69) is 21.2 Å². The number of alkyl halides is 1. The molecule has 1 rings (SSSR count). The molecule has 14 heavy (non-hydrogen) atoms. The minimum absolute atomic E-state index is 0.160. The number of hydrogen-bond acceptors (Lipinski definition) is 1. The van der Waals surface area contributed by atoms with Crippen LogP contribution in [-0.4, -0.2) is 12.5 Å². The minimum Gasteiger partial charge on any atom is -0.355 e. The van der Waals surface area contributed by atoms with Gasteiger partial charge in [-0.3, -0.25) is 4.79 Å². The molecular formula is C10H11BrClNO. The summed E-state index contributed by atoms with van der Waals surface area (Å²) in [5.74, 6) is -0.160. The quantitative estimate of drug-likeness (QED) is 0.845. The lowest BCUT2D eigenvalue weighted by Crippen LogP contribution is -2.26. The summed E-state index contributed by atoms with van der Waals surface area (Å²) in [7, 11) is 0. The van der Waals surface area contributed by atoms with E-state index in [0.29, 0.717) is 6.54 Å². The largest absolute Gasteiger partial charge is 0.355 e. The molecule has 0 spiro atoms. The van der Waals surface area contributed by atoms with E-state index in [1.54, 1.807) is 0 Å². The molecule has 0 bridgehead atoms. The lowest BCUT2D eigenvalue weighted by Gasteiger charge is -2.09. The van der Waals surface area contributed by atoms with Crippen LogP contribution in [0.5, 0.6) is 0 Å². The highest BCUT2D eigenvalue weighted by Gasteiger charge is 2.16. The standard InChI is InChI=1S/C10H11BrClNO/c1-2-13-10(14)9(12)7-4-3-5-8(11)6-7/h3-6,9H,2H2,1H3,(H,13,14). The maximum absolute atomic E-state index is 11.4. The molecule has 0 radical (unpaired) electrons. The lowest BCUT2D eigenvalue weighted by molar-refractivity contribution is -0.120. The minimum atomic E-state index is -0.618. The fourth-order valence-electron chi connectivity index (χ4n) is 1.08. The number of likely N-dealkylation sites (N-methyl/N-ethyl adjacent to an activating group) is 1. The van der Waals surface area contributed by atoms with E-state index in [4.69, 9.17) is 11.6 Å². The number of amides is 1. The van der Waals surface area contributed by atoms with Gasteiger partial charge in [0.15, 0.2) is 0 Å². The van der Waals surface area contributed by atoms with E-state index in [1.165, 1.54) is 0 Å². The fraction of sp³-hybridized carbons (Fsp3) is 0.300. The van der Waals surface area contributed by atoms with Crippen molar-refractivity contribution in [2.45, 2.75) is 12.3 Å². The van der Waals surface area contributed by atoms with Crippen molar-refractivity contribution in [1.29, 1.82) is 0 Å². The molecule has 0 aliphatic heterocycles. The van der Waals surface area contributed by atoms with Crippen molar-refractivity contribution in [3.63, 3.8) is 0 Å². The molecule has 0 saturated carbocycles. The van der Waals surface area contributed by atoms with Gasteiger partial charge in [-0.2, -0.15) is 0 Å². The number of nitrogens with one attached hydrogen (secondary N) is 1. The number of benzene rings is 1. The van der Waals surface area contributed by atoms with Crippen molar-refractivity contribution in [3.8, 4) is 0 Å². The SMILES string of the molecule is CCNC(=O)C(Cl)c1cccc(Br)c1. The summed E-state index contributed by atoms with van der Waals surface area (Å²) < 4.78 is 0.921. The topological polar surface area (TPSA) is 29.1 Å². The number of hydrogen-bond donors (Lipinski definition) is 1. The second-order valence-electron chi connectivity index (χ2n) is 2.81. The summed E-state index contributed by atoms with van der Waals surface area (Å²) in [6.45, 7) is 2.46. The summed E-state index contributed by atoms with van der Waals surface area (Å²) in [6, 6.07) is 7.42. The summed E-state index contributed by atoms with van der Waals surface area (Å²) in [5.41, 5.74) is 0.798. The summed E-state index contributed by atoms with van der Waals surface area (Å²) >= 11 is 9.30. The van der Waals surface area contributed by atoms with Crippen LogP contribution < -0.4 is 5.32 Å². The van der Waals surface area contributed by atoms with Crippen molar-refractivity contribution in [1.82, 2.24) is 5.32 Å². The molecule has 0 aromatic heterocycles. The van der Waals surface area contributed by atoms with Gasteiger partial charge in [-0.1, -0.05) is 28.1 Å². The van der Waals surface area contributed by atoms with Crippen molar-refractivity contribution >= 4 is 33.4 Å². The average molecular weight is 277 g/mol. The molecule has 0 fully saturated rings. The Labute approximate surface area is 96.8 Å². The molecule has 0 saturated heterocycles. The Morgan fingerprint density at radius 1 is 1.64 bits per heavy atom. The fourth-order valence-corrected chi connectivity index (χ4v) is 1.71. The van der Waals surface area contributed by atoms with E-state index >= 15 is 0 Å². The number of halogens is 2. The maximum atomic E-state index is 11.4. The van der Waals surface area contributed by atoms with Gasteiger partial charge in [-0.05, 0) is 24.6 Å². The van der Waals surface area contributed by atoms with Gasteiger partial charge in [0.2, 0.25) is 5.91 Å². The lowest BCUT2D eigenvalue weighted by atomic mass is 10.1. The summed E-state index contributed by atoms with van der Waals surface area (Å²) in [4.78, 5) is 11.4. The number of carbonyl (C=O) groups excluding carboxylic acids is 1. The second-order valence-corrected chi connectivity index (χ2v) is 4.16. The van der Waals surface area contributed by atoms with Gasteiger partial charge in [0, 0.05) is 11.0 Å². The van der Waals surface area contributed by atoms with Crippen LogP contribution in [0.3, 0.4) is 0 Å². The highest BCUT2D eigenvalue weighted by Crippen LogP contribution is 2.23. The molecule has 1 N–H and O–H groups in total.